The van der Waals surface area contributed by atoms with Crippen LogP contribution < -0.4 is 5.73 Å². The fourth-order valence-corrected chi connectivity index (χ4v) is 4.19. The molecule has 5 nitrogen and oxygen atoms in total. The molecule has 0 aliphatic rings. The van der Waals surface area contributed by atoms with E-state index in [-0.39, 0.29) is 10.8 Å². The van der Waals surface area contributed by atoms with E-state index in [9.17, 15) is 18.0 Å². The van der Waals surface area contributed by atoms with Crippen LogP contribution in [-0.4, -0.2) is 20.1 Å². The normalized spacial score (nSPS) is 12.0. The van der Waals surface area contributed by atoms with Crippen LogP contribution in [0, 0.1) is 0 Å². The number of rotatable bonds is 6. The van der Waals surface area contributed by atoms with Crippen molar-refractivity contribution in [3.05, 3.63) is 74.1 Å². The maximum Gasteiger partial charge on any atom is 0.260 e. The smallest absolute Gasteiger partial charge is 0.260 e. The van der Waals surface area contributed by atoms with Crippen molar-refractivity contribution in [2.75, 3.05) is 0 Å². The first-order valence-corrected chi connectivity index (χ1v) is 9.80. The first-order valence-electron chi connectivity index (χ1n) is 7.39. The second-order valence-electron chi connectivity index (χ2n) is 5.55. The van der Waals surface area contributed by atoms with Crippen LogP contribution in [0.5, 0.6) is 0 Å². The van der Waals surface area contributed by atoms with Gasteiger partial charge in [0.1, 0.15) is 4.91 Å². The van der Waals surface area contributed by atoms with E-state index in [4.69, 9.17) is 28.9 Å². The summed E-state index contributed by atoms with van der Waals surface area (Å²) in [6.45, 7) is 1.42. The Labute approximate surface area is 161 Å². The third-order valence-corrected chi connectivity index (χ3v) is 5.82. The van der Waals surface area contributed by atoms with E-state index < -0.39 is 26.4 Å². The molecule has 2 rings (SSSR count). The number of benzene rings is 2. The highest BCUT2D eigenvalue weighted by Gasteiger charge is 2.24. The number of hydrogen-bond acceptors (Lipinski definition) is 4. The first-order chi connectivity index (χ1) is 12.1. The molecule has 2 aromatic carbocycles. The lowest BCUT2D eigenvalue weighted by Crippen LogP contribution is -2.22. The Morgan fingerprint density at radius 2 is 1.69 bits per heavy atom. The van der Waals surface area contributed by atoms with E-state index in [0.29, 0.717) is 21.7 Å². The first kappa shape index (κ1) is 20.2. The van der Waals surface area contributed by atoms with Crippen LogP contribution in [0.25, 0.3) is 6.08 Å². The summed E-state index contributed by atoms with van der Waals surface area (Å²) in [5.74, 6) is -1.70. The fraction of sp³-hybridized carbons (Fsp3) is 0.111. The Hall–Kier alpha value is -2.15. The Morgan fingerprint density at radius 3 is 2.19 bits per heavy atom. The molecule has 0 saturated heterocycles. The van der Waals surface area contributed by atoms with Gasteiger partial charge in [-0.15, -0.1) is 0 Å². The molecule has 26 heavy (non-hydrogen) atoms. The molecular formula is C18H15Cl2NO4S. The molecule has 0 fully saturated rings. The number of hydrogen-bond donors (Lipinski definition) is 1. The van der Waals surface area contributed by atoms with Crippen LogP contribution in [0.4, 0.5) is 0 Å². The molecule has 136 valence electrons. The SMILES string of the molecule is CC(=O)c1ccc(C=C(C(N)=O)S(=O)(=O)Cc2ccc(Cl)cc2Cl)cc1. The molecule has 2 N–H and O–H groups in total. The zero-order valence-electron chi connectivity index (χ0n) is 13.7. The zero-order valence-corrected chi connectivity index (χ0v) is 16.0. The number of sulfone groups is 1. The second-order valence-corrected chi connectivity index (χ2v) is 8.35. The molecule has 0 aromatic heterocycles. The molecule has 0 radical (unpaired) electrons. The molecule has 0 unspecified atom stereocenters. The summed E-state index contributed by atoms with van der Waals surface area (Å²) in [6.07, 6.45) is 1.17. The van der Waals surface area contributed by atoms with Crippen molar-refractivity contribution in [1.29, 1.82) is 0 Å². The molecule has 0 aliphatic heterocycles. The molecule has 1 amide bonds. The van der Waals surface area contributed by atoms with Crippen molar-refractivity contribution in [3.63, 3.8) is 0 Å². The van der Waals surface area contributed by atoms with Gasteiger partial charge in [-0.05, 0) is 36.3 Å². The van der Waals surface area contributed by atoms with Crippen molar-refractivity contribution >= 4 is 50.8 Å². The fourth-order valence-electron chi connectivity index (χ4n) is 2.20. The summed E-state index contributed by atoms with van der Waals surface area (Å²) >= 11 is 11.8. The summed E-state index contributed by atoms with van der Waals surface area (Å²) in [5, 5.41) is 0.545. The number of halogens is 2. The van der Waals surface area contributed by atoms with Crippen molar-refractivity contribution in [2.24, 2.45) is 5.73 Å². The highest BCUT2D eigenvalue weighted by molar-refractivity contribution is 7.95. The van der Waals surface area contributed by atoms with Gasteiger partial charge < -0.3 is 5.73 Å². The number of ketones is 1. The Balaban J connectivity index is 2.41. The van der Waals surface area contributed by atoms with E-state index in [1.165, 1.54) is 55.5 Å². The average Bonchev–Trinajstić information content (AvgIpc) is 2.55. The van der Waals surface area contributed by atoms with Crippen LogP contribution in [-0.2, 0) is 20.4 Å². The minimum absolute atomic E-state index is 0.124. The lowest BCUT2D eigenvalue weighted by atomic mass is 10.1. The number of primary amides is 1. The molecular weight excluding hydrogens is 397 g/mol. The van der Waals surface area contributed by atoms with Gasteiger partial charge in [-0.2, -0.15) is 0 Å². The Kier molecular flexibility index (Phi) is 6.23. The molecule has 0 atom stereocenters. The molecule has 2 aromatic rings. The van der Waals surface area contributed by atoms with Gasteiger partial charge in [0.2, 0.25) is 0 Å². The minimum atomic E-state index is -4.04. The predicted octanol–water partition coefficient (Wildman–Crippen LogP) is 3.64. The molecule has 0 spiro atoms. The van der Waals surface area contributed by atoms with Crippen molar-refractivity contribution in [2.45, 2.75) is 12.7 Å². The second kappa shape index (κ2) is 8.03. The van der Waals surface area contributed by atoms with Crippen molar-refractivity contribution in [1.82, 2.24) is 0 Å². The maximum absolute atomic E-state index is 12.6. The van der Waals surface area contributed by atoms with Gasteiger partial charge in [0, 0.05) is 15.6 Å². The van der Waals surface area contributed by atoms with Gasteiger partial charge in [0.05, 0.1) is 5.75 Å². The topological polar surface area (TPSA) is 94.3 Å². The summed E-state index contributed by atoms with van der Waals surface area (Å²) in [7, 11) is -4.04. The average molecular weight is 412 g/mol. The van der Waals surface area contributed by atoms with Gasteiger partial charge >= 0.3 is 0 Å². The number of carbonyl (C=O) groups is 2. The van der Waals surface area contributed by atoms with Crippen LogP contribution >= 0.6 is 23.2 Å². The summed E-state index contributed by atoms with van der Waals surface area (Å²) in [6, 6.07) is 10.5. The van der Waals surface area contributed by atoms with E-state index in [1.54, 1.807) is 0 Å². The lowest BCUT2D eigenvalue weighted by molar-refractivity contribution is -0.113. The van der Waals surface area contributed by atoms with Gasteiger partial charge in [-0.25, -0.2) is 8.42 Å². The van der Waals surface area contributed by atoms with Crippen molar-refractivity contribution in [3.8, 4) is 0 Å². The van der Waals surface area contributed by atoms with E-state index >= 15 is 0 Å². The lowest BCUT2D eigenvalue weighted by Gasteiger charge is -2.08. The third-order valence-electron chi connectivity index (χ3n) is 3.55. The zero-order chi connectivity index (χ0) is 19.5. The largest absolute Gasteiger partial charge is 0.365 e. The summed E-state index contributed by atoms with van der Waals surface area (Å²) in [4.78, 5) is 22.5. The quantitative estimate of drug-likeness (QED) is 0.579. The highest BCUT2D eigenvalue weighted by Crippen LogP contribution is 2.25. The van der Waals surface area contributed by atoms with Crippen LogP contribution in [0.1, 0.15) is 28.4 Å². The van der Waals surface area contributed by atoms with Gasteiger partial charge in [0.15, 0.2) is 15.6 Å². The van der Waals surface area contributed by atoms with E-state index in [1.807, 2.05) is 0 Å². The number of nitrogens with two attached hydrogens (primary N) is 1. The number of carbonyl (C=O) groups excluding carboxylic acids is 2. The molecule has 0 bridgehead atoms. The van der Waals surface area contributed by atoms with Crippen LogP contribution in [0.15, 0.2) is 47.4 Å². The monoisotopic (exact) mass is 411 g/mol. The Bertz CT molecular complexity index is 996. The van der Waals surface area contributed by atoms with Gasteiger partial charge in [-0.3, -0.25) is 9.59 Å². The molecule has 0 heterocycles. The minimum Gasteiger partial charge on any atom is -0.365 e. The van der Waals surface area contributed by atoms with Crippen LogP contribution in [0.3, 0.4) is 0 Å². The molecule has 0 saturated carbocycles. The van der Waals surface area contributed by atoms with Gasteiger partial charge in [-0.1, -0.05) is 53.5 Å². The van der Waals surface area contributed by atoms with Gasteiger partial charge in [0.25, 0.3) is 5.91 Å². The highest BCUT2D eigenvalue weighted by atomic mass is 35.5. The number of amides is 1. The van der Waals surface area contributed by atoms with E-state index in [2.05, 4.69) is 0 Å². The standard InChI is InChI=1S/C18H15Cl2NO4S/c1-11(22)13-4-2-12(3-5-13)8-17(18(21)23)26(24,25)10-14-6-7-15(19)9-16(14)20/h2-9H,10H2,1H3,(H2,21,23). The maximum atomic E-state index is 12.6. The Morgan fingerprint density at radius 1 is 1.08 bits per heavy atom. The van der Waals surface area contributed by atoms with E-state index in [0.717, 1.165) is 0 Å². The molecule has 0 aliphatic carbocycles. The summed E-state index contributed by atoms with van der Waals surface area (Å²) < 4.78 is 25.3. The predicted molar refractivity (Wildman–Crippen MR) is 103 cm³/mol. The van der Waals surface area contributed by atoms with Crippen molar-refractivity contribution < 1.29 is 18.0 Å². The third kappa shape index (κ3) is 4.94. The van der Waals surface area contributed by atoms with Crippen LogP contribution in [0.2, 0.25) is 10.0 Å². The molecule has 8 heteroatoms. The number of Topliss-reactive ketones (excluding diaryl/α,β-unsaturated/α-hetero) is 1. The summed E-state index contributed by atoms with van der Waals surface area (Å²) in [5.41, 5.74) is 6.47.